The zero-order valence-electron chi connectivity index (χ0n) is 14.7. The lowest BCUT2D eigenvalue weighted by molar-refractivity contribution is 0.0934. The number of phenolic OH excluding ortho intramolecular Hbond substituents is 1. The molecule has 1 amide bonds. The summed E-state index contributed by atoms with van der Waals surface area (Å²) in [5.41, 5.74) is 4.80. The normalized spacial score (nSPS) is 12.2. The third kappa shape index (κ3) is 3.26. The molecule has 0 aliphatic carbocycles. The van der Waals surface area contributed by atoms with Gasteiger partial charge in [-0.2, -0.15) is 10.2 Å². The zero-order valence-corrected chi connectivity index (χ0v) is 14.7. The van der Waals surface area contributed by atoms with Crippen molar-refractivity contribution in [3.63, 3.8) is 0 Å². The molecule has 0 spiro atoms. The molecule has 2 heterocycles. The van der Waals surface area contributed by atoms with Crippen LogP contribution in [0.1, 0.15) is 40.4 Å². The van der Waals surface area contributed by atoms with Crippen molar-refractivity contribution in [3.8, 4) is 17.0 Å². The molecule has 7 heteroatoms. The number of carbonyl (C=O) groups is 1. The predicted molar refractivity (Wildman–Crippen MR) is 94.3 cm³/mol. The van der Waals surface area contributed by atoms with Crippen LogP contribution in [-0.4, -0.2) is 31.0 Å². The van der Waals surface area contributed by atoms with Crippen molar-refractivity contribution in [2.45, 2.75) is 26.8 Å². The molecule has 3 aromatic rings. The second-order valence-corrected chi connectivity index (χ2v) is 6.12. The topological polar surface area (TPSA) is 95.8 Å². The van der Waals surface area contributed by atoms with Crippen LogP contribution in [0.25, 0.3) is 11.3 Å². The van der Waals surface area contributed by atoms with Crippen LogP contribution in [0.5, 0.6) is 5.75 Å². The molecular formula is C18H21N5O2. The first-order valence-corrected chi connectivity index (χ1v) is 8.02. The number of benzene rings is 1. The molecule has 7 nitrogen and oxygen atoms in total. The van der Waals surface area contributed by atoms with E-state index in [4.69, 9.17) is 0 Å². The highest BCUT2D eigenvalue weighted by Crippen LogP contribution is 2.23. The van der Waals surface area contributed by atoms with Crippen LogP contribution in [0.2, 0.25) is 0 Å². The van der Waals surface area contributed by atoms with Gasteiger partial charge in [0.05, 0.1) is 17.4 Å². The Bertz CT molecular complexity index is 908. The Kier molecular flexibility index (Phi) is 4.31. The maximum Gasteiger partial charge on any atom is 0.269 e. The van der Waals surface area contributed by atoms with Crippen molar-refractivity contribution in [2.24, 2.45) is 7.05 Å². The molecule has 3 N–H and O–H groups in total. The van der Waals surface area contributed by atoms with E-state index in [0.29, 0.717) is 11.4 Å². The summed E-state index contributed by atoms with van der Waals surface area (Å²) in [5.74, 6) is -0.0408. The SMILES string of the molecule is Cc1nn(C)c(C)c1[C@H](C)NC(=O)c1cc(-c2ccc(O)cc2)n[nH]1. The maximum absolute atomic E-state index is 12.5. The van der Waals surface area contributed by atoms with Crippen molar-refractivity contribution in [1.82, 2.24) is 25.3 Å². The van der Waals surface area contributed by atoms with Crippen LogP contribution in [-0.2, 0) is 7.05 Å². The Balaban J connectivity index is 1.76. The molecule has 0 radical (unpaired) electrons. The van der Waals surface area contributed by atoms with Gasteiger partial charge < -0.3 is 10.4 Å². The molecule has 1 aromatic carbocycles. The van der Waals surface area contributed by atoms with Gasteiger partial charge in [-0.3, -0.25) is 14.6 Å². The molecule has 0 bridgehead atoms. The molecule has 130 valence electrons. The summed E-state index contributed by atoms with van der Waals surface area (Å²) in [7, 11) is 1.89. The fourth-order valence-corrected chi connectivity index (χ4v) is 2.98. The van der Waals surface area contributed by atoms with E-state index in [9.17, 15) is 9.90 Å². The minimum Gasteiger partial charge on any atom is -0.508 e. The van der Waals surface area contributed by atoms with Gasteiger partial charge in [0.2, 0.25) is 0 Å². The smallest absolute Gasteiger partial charge is 0.269 e. The number of phenols is 1. The fourth-order valence-electron chi connectivity index (χ4n) is 2.98. The van der Waals surface area contributed by atoms with E-state index in [2.05, 4.69) is 20.6 Å². The average Bonchev–Trinajstić information content (AvgIpc) is 3.14. The monoisotopic (exact) mass is 339 g/mol. The third-order valence-electron chi connectivity index (χ3n) is 4.33. The van der Waals surface area contributed by atoms with Crippen LogP contribution in [0.15, 0.2) is 30.3 Å². The van der Waals surface area contributed by atoms with Crippen molar-refractivity contribution in [3.05, 3.63) is 53.0 Å². The fraction of sp³-hybridized carbons (Fsp3) is 0.278. The molecule has 0 unspecified atom stereocenters. The van der Waals surface area contributed by atoms with E-state index < -0.39 is 0 Å². The molecule has 0 saturated heterocycles. The number of aromatic nitrogens is 4. The van der Waals surface area contributed by atoms with Crippen LogP contribution >= 0.6 is 0 Å². The highest BCUT2D eigenvalue weighted by Gasteiger charge is 2.20. The Morgan fingerprint density at radius 2 is 1.96 bits per heavy atom. The van der Waals surface area contributed by atoms with Crippen LogP contribution in [0, 0.1) is 13.8 Å². The number of amides is 1. The molecule has 0 aliphatic rings. The predicted octanol–water partition coefficient (Wildman–Crippen LogP) is 2.62. The number of aromatic amines is 1. The van der Waals surface area contributed by atoms with Gasteiger partial charge in [-0.05, 0) is 51.1 Å². The minimum absolute atomic E-state index is 0.165. The number of carbonyl (C=O) groups excluding carboxylic acids is 1. The number of hydrogen-bond donors (Lipinski definition) is 3. The van der Waals surface area contributed by atoms with Crippen molar-refractivity contribution in [2.75, 3.05) is 0 Å². The number of H-pyrrole nitrogens is 1. The first kappa shape index (κ1) is 16.8. The molecular weight excluding hydrogens is 318 g/mol. The molecule has 0 fully saturated rings. The standard InChI is InChI=1S/C18H21N5O2/c1-10(17-11(2)22-23(4)12(17)3)19-18(25)16-9-15(20-21-16)13-5-7-14(24)8-6-13/h5-10,24H,1-4H3,(H,19,25)(H,20,21)/t10-/m0/s1. The van der Waals surface area contributed by atoms with Gasteiger partial charge in [0.1, 0.15) is 11.4 Å². The van der Waals surface area contributed by atoms with E-state index >= 15 is 0 Å². The van der Waals surface area contributed by atoms with Gasteiger partial charge in [-0.25, -0.2) is 0 Å². The molecule has 0 saturated carbocycles. The van der Waals surface area contributed by atoms with Gasteiger partial charge in [-0.15, -0.1) is 0 Å². The third-order valence-corrected chi connectivity index (χ3v) is 4.33. The lowest BCUT2D eigenvalue weighted by Gasteiger charge is -2.14. The number of aryl methyl sites for hydroxylation is 2. The summed E-state index contributed by atoms with van der Waals surface area (Å²) < 4.78 is 1.81. The molecule has 2 aromatic heterocycles. The quantitative estimate of drug-likeness (QED) is 0.681. The highest BCUT2D eigenvalue weighted by atomic mass is 16.3. The Morgan fingerprint density at radius 3 is 2.56 bits per heavy atom. The minimum atomic E-state index is -0.229. The van der Waals surface area contributed by atoms with E-state index in [1.54, 1.807) is 30.3 Å². The van der Waals surface area contributed by atoms with Crippen molar-refractivity contribution < 1.29 is 9.90 Å². The Morgan fingerprint density at radius 1 is 1.28 bits per heavy atom. The second kappa shape index (κ2) is 6.43. The van der Waals surface area contributed by atoms with Gasteiger partial charge in [0.15, 0.2) is 0 Å². The summed E-state index contributed by atoms with van der Waals surface area (Å²) in [4.78, 5) is 12.5. The van der Waals surface area contributed by atoms with Crippen LogP contribution in [0.4, 0.5) is 0 Å². The number of nitrogens with zero attached hydrogens (tertiary/aromatic N) is 3. The van der Waals surface area contributed by atoms with Gasteiger partial charge in [0, 0.05) is 23.9 Å². The Hall–Kier alpha value is -3.09. The largest absolute Gasteiger partial charge is 0.508 e. The summed E-state index contributed by atoms with van der Waals surface area (Å²) in [6.07, 6.45) is 0. The van der Waals surface area contributed by atoms with E-state index in [1.807, 2.05) is 32.5 Å². The van der Waals surface area contributed by atoms with Crippen LogP contribution < -0.4 is 5.32 Å². The summed E-state index contributed by atoms with van der Waals surface area (Å²) in [6.45, 7) is 5.85. The first-order valence-electron chi connectivity index (χ1n) is 8.02. The molecule has 25 heavy (non-hydrogen) atoms. The van der Waals surface area contributed by atoms with Crippen molar-refractivity contribution >= 4 is 5.91 Å². The van der Waals surface area contributed by atoms with Gasteiger partial charge in [0.25, 0.3) is 5.91 Å². The highest BCUT2D eigenvalue weighted by molar-refractivity contribution is 5.93. The second-order valence-electron chi connectivity index (χ2n) is 6.12. The Labute approximate surface area is 145 Å². The van der Waals surface area contributed by atoms with Crippen molar-refractivity contribution in [1.29, 1.82) is 0 Å². The lowest BCUT2D eigenvalue weighted by Crippen LogP contribution is -2.27. The summed E-state index contributed by atoms with van der Waals surface area (Å²) >= 11 is 0. The van der Waals surface area contributed by atoms with Gasteiger partial charge in [-0.1, -0.05) is 0 Å². The average molecular weight is 339 g/mol. The number of aromatic hydroxyl groups is 1. The van der Waals surface area contributed by atoms with E-state index in [1.165, 1.54) is 0 Å². The van der Waals surface area contributed by atoms with E-state index in [-0.39, 0.29) is 17.7 Å². The van der Waals surface area contributed by atoms with E-state index in [0.717, 1.165) is 22.5 Å². The molecule has 0 aliphatic heterocycles. The number of nitrogens with one attached hydrogen (secondary N) is 2. The zero-order chi connectivity index (χ0) is 18.1. The number of hydrogen-bond acceptors (Lipinski definition) is 4. The molecule has 3 rings (SSSR count). The lowest BCUT2D eigenvalue weighted by atomic mass is 10.1. The molecule has 1 atom stereocenters. The number of rotatable bonds is 4. The maximum atomic E-state index is 12.5. The van der Waals surface area contributed by atoms with Crippen LogP contribution in [0.3, 0.4) is 0 Å². The summed E-state index contributed by atoms with van der Waals surface area (Å²) in [5, 5.41) is 23.7. The first-order chi connectivity index (χ1) is 11.9. The summed E-state index contributed by atoms with van der Waals surface area (Å²) in [6, 6.07) is 8.19. The van der Waals surface area contributed by atoms with Gasteiger partial charge >= 0.3 is 0 Å².